The van der Waals surface area contributed by atoms with Crippen LogP contribution in [0, 0.1) is 5.41 Å². The first-order valence-electron chi connectivity index (χ1n) is 4.68. The minimum Gasteiger partial charge on any atom is -0.464 e. The van der Waals surface area contributed by atoms with E-state index >= 15 is 0 Å². The molecular formula is C9H18O6. The number of carbonyl (C=O) groups excluding carboxylic acids is 1. The second-order valence-corrected chi connectivity index (χ2v) is 3.57. The predicted molar refractivity (Wildman–Crippen MR) is 50.9 cm³/mol. The highest BCUT2D eigenvalue weighted by molar-refractivity contribution is 5.73. The van der Waals surface area contributed by atoms with Crippen LogP contribution in [-0.4, -0.2) is 58.9 Å². The molecule has 0 aromatic heterocycles. The van der Waals surface area contributed by atoms with Gasteiger partial charge in [-0.05, 0) is 13.3 Å². The van der Waals surface area contributed by atoms with E-state index in [4.69, 9.17) is 20.4 Å². The van der Waals surface area contributed by atoms with Crippen molar-refractivity contribution in [1.29, 1.82) is 0 Å². The highest BCUT2D eigenvalue weighted by Gasteiger charge is 2.28. The maximum Gasteiger partial charge on any atom is 0.334 e. The lowest BCUT2D eigenvalue weighted by Gasteiger charge is -2.26. The van der Waals surface area contributed by atoms with Crippen LogP contribution in [0.4, 0.5) is 0 Å². The average molecular weight is 222 g/mol. The van der Waals surface area contributed by atoms with E-state index in [0.29, 0.717) is 0 Å². The van der Waals surface area contributed by atoms with Gasteiger partial charge in [0.25, 0.3) is 0 Å². The summed E-state index contributed by atoms with van der Waals surface area (Å²) in [5, 5.41) is 35.6. The summed E-state index contributed by atoms with van der Waals surface area (Å²) in [6.45, 7) is 0.0236. The fourth-order valence-corrected chi connectivity index (χ4v) is 0.876. The number of esters is 1. The maximum atomic E-state index is 10.8. The molecule has 6 nitrogen and oxygen atoms in total. The summed E-state index contributed by atoms with van der Waals surface area (Å²) in [5.74, 6) is -0.766. The molecule has 6 heteroatoms. The van der Waals surface area contributed by atoms with Gasteiger partial charge in [-0.2, -0.15) is 0 Å². The van der Waals surface area contributed by atoms with Crippen LogP contribution < -0.4 is 0 Å². The van der Waals surface area contributed by atoms with Gasteiger partial charge in [0, 0.05) is 5.41 Å². The van der Waals surface area contributed by atoms with Crippen LogP contribution in [0.2, 0.25) is 0 Å². The van der Waals surface area contributed by atoms with Crippen molar-refractivity contribution in [3.63, 3.8) is 0 Å². The minimum absolute atomic E-state index is 0.0641. The van der Waals surface area contributed by atoms with Crippen molar-refractivity contribution in [2.75, 3.05) is 26.4 Å². The molecule has 0 aromatic carbocycles. The van der Waals surface area contributed by atoms with Gasteiger partial charge in [-0.3, -0.25) is 0 Å². The van der Waals surface area contributed by atoms with Crippen LogP contribution in [0.5, 0.6) is 0 Å². The smallest absolute Gasteiger partial charge is 0.334 e. The second-order valence-electron chi connectivity index (χ2n) is 3.57. The van der Waals surface area contributed by atoms with Crippen molar-refractivity contribution in [1.82, 2.24) is 0 Å². The van der Waals surface area contributed by atoms with E-state index in [2.05, 4.69) is 4.74 Å². The molecule has 0 aromatic rings. The Morgan fingerprint density at radius 1 is 1.27 bits per heavy atom. The molecule has 4 N–H and O–H groups in total. The summed E-state index contributed by atoms with van der Waals surface area (Å²) in [6, 6.07) is 0. The Morgan fingerprint density at radius 2 is 1.73 bits per heavy atom. The van der Waals surface area contributed by atoms with Crippen molar-refractivity contribution in [3.8, 4) is 0 Å². The molecule has 1 atom stereocenters. The van der Waals surface area contributed by atoms with Crippen LogP contribution in [0.15, 0.2) is 0 Å². The van der Waals surface area contributed by atoms with E-state index in [1.807, 2.05) is 0 Å². The zero-order valence-electron chi connectivity index (χ0n) is 8.72. The monoisotopic (exact) mass is 222 g/mol. The van der Waals surface area contributed by atoms with Crippen LogP contribution in [0.25, 0.3) is 0 Å². The van der Waals surface area contributed by atoms with Gasteiger partial charge in [-0.15, -0.1) is 0 Å². The highest BCUT2D eigenvalue weighted by atomic mass is 16.5. The summed E-state index contributed by atoms with van der Waals surface area (Å²) < 4.78 is 4.64. The van der Waals surface area contributed by atoms with Crippen LogP contribution in [0.1, 0.15) is 13.3 Å². The third-order valence-corrected chi connectivity index (χ3v) is 2.22. The molecular weight excluding hydrogens is 204 g/mol. The fourth-order valence-electron chi connectivity index (χ4n) is 0.876. The molecule has 0 spiro atoms. The van der Waals surface area contributed by atoms with Gasteiger partial charge in [0.1, 0.15) is 6.10 Å². The Kier molecular flexibility index (Phi) is 6.42. The molecule has 0 radical (unpaired) electrons. The molecule has 0 rings (SSSR count). The summed E-state index contributed by atoms with van der Waals surface area (Å²) in [5.41, 5.74) is -1.04. The largest absolute Gasteiger partial charge is 0.464 e. The number of hydrogen-bond acceptors (Lipinski definition) is 6. The van der Waals surface area contributed by atoms with Crippen LogP contribution in [-0.2, 0) is 9.53 Å². The van der Waals surface area contributed by atoms with E-state index in [1.165, 1.54) is 6.92 Å². The Hall–Kier alpha value is -0.690. The standard InChI is InChI=1S/C9H18O6/c1-7(13)8(14)15-3-2-9(4-10,5-11)6-12/h7,10-13H,2-6H2,1H3. The van der Waals surface area contributed by atoms with Crippen molar-refractivity contribution >= 4 is 5.97 Å². The molecule has 15 heavy (non-hydrogen) atoms. The molecule has 1 unspecified atom stereocenters. The molecule has 0 saturated carbocycles. The van der Waals surface area contributed by atoms with Crippen molar-refractivity contribution in [2.45, 2.75) is 19.4 Å². The summed E-state index contributed by atoms with van der Waals surface area (Å²) >= 11 is 0. The third kappa shape index (κ3) is 4.57. The van der Waals surface area contributed by atoms with E-state index < -0.39 is 37.3 Å². The van der Waals surface area contributed by atoms with Gasteiger partial charge >= 0.3 is 5.97 Å². The summed E-state index contributed by atoms with van der Waals surface area (Å²) in [4.78, 5) is 10.8. The van der Waals surface area contributed by atoms with Gasteiger partial charge in [-0.1, -0.05) is 0 Å². The Morgan fingerprint density at radius 3 is 2.07 bits per heavy atom. The number of carbonyl (C=O) groups is 1. The maximum absolute atomic E-state index is 10.8. The molecule has 90 valence electrons. The molecule has 0 bridgehead atoms. The first kappa shape index (κ1) is 14.3. The van der Waals surface area contributed by atoms with Gasteiger partial charge in [0.05, 0.1) is 26.4 Å². The molecule has 0 heterocycles. The number of ether oxygens (including phenoxy) is 1. The van der Waals surface area contributed by atoms with Crippen molar-refractivity contribution in [3.05, 3.63) is 0 Å². The summed E-state index contributed by atoms with van der Waals surface area (Å²) in [7, 11) is 0. The molecule has 0 aliphatic rings. The molecule has 0 aliphatic heterocycles. The molecule has 0 amide bonds. The summed E-state index contributed by atoms with van der Waals surface area (Å²) in [6.07, 6.45) is -1.06. The van der Waals surface area contributed by atoms with E-state index in [-0.39, 0.29) is 13.0 Å². The SMILES string of the molecule is CC(O)C(=O)OCCC(CO)(CO)CO. The highest BCUT2D eigenvalue weighted by Crippen LogP contribution is 2.19. The van der Waals surface area contributed by atoms with Crippen LogP contribution >= 0.6 is 0 Å². The van der Waals surface area contributed by atoms with Gasteiger partial charge in [0.2, 0.25) is 0 Å². The molecule has 0 saturated heterocycles. The molecule has 0 fully saturated rings. The average Bonchev–Trinajstić information content (AvgIpc) is 2.24. The van der Waals surface area contributed by atoms with Crippen molar-refractivity contribution < 1.29 is 30.0 Å². The van der Waals surface area contributed by atoms with Gasteiger partial charge in [0.15, 0.2) is 0 Å². The quantitative estimate of drug-likeness (QED) is 0.381. The Bertz CT molecular complexity index is 179. The predicted octanol–water partition coefficient (Wildman–Crippen LogP) is -1.74. The number of rotatable bonds is 7. The second kappa shape index (κ2) is 6.73. The third-order valence-electron chi connectivity index (χ3n) is 2.22. The van der Waals surface area contributed by atoms with E-state index in [1.54, 1.807) is 0 Å². The Labute approximate surface area is 88.1 Å². The van der Waals surface area contributed by atoms with Gasteiger partial charge in [-0.25, -0.2) is 4.79 Å². The van der Waals surface area contributed by atoms with E-state index in [0.717, 1.165) is 0 Å². The zero-order valence-corrected chi connectivity index (χ0v) is 8.72. The van der Waals surface area contributed by atoms with E-state index in [9.17, 15) is 4.79 Å². The zero-order chi connectivity index (χ0) is 11.9. The van der Waals surface area contributed by atoms with Gasteiger partial charge < -0.3 is 25.2 Å². The van der Waals surface area contributed by atoms with Crippen molar-refractivity contribution in [2.24, 2.45) is 5.41 Å². The number of hydrogen-bond donors (Lipinski definition) is 4. The first-order valence-corrected chi connectivity index (χ1v) is 4.68. The Balaban J connectivity index is 3.96. The first-order chi connectivity index (χ1) is 7.01. The number of aliphatic hydroxyl groups is 4. The lowest BCUT2D eigenvalue weighted by atomic mass is 9.88. The normalized spacial score (nSPS) is 13.7. The lowest BCUT2D eigenvalue weighted by Crippen LogP contribution is -2.35. The molecule has 0 aliphatic carbocycles. The van der Waals surface area contributed by atoms with Crippen LogP contribution in [0.3, 0.4) is 0 Å². The lowest BCUT2D eigenvalue weighted by molar-refractivity contribution is -0.154. The number of aliphatic hydroxyl groups excluding tert-OH is 4. The fraction of sp³-hybridized carbons (Fsp3) is 0.889. The topological polar surface area (TPSA) is 107 Å². The minimum atomic E-state index is -1.20.